The summed E-state index contributed by atoms with van der Waals surface area (Å²) in [6, 6.07) is 8.34. The summed E-state index contributed by atoms with van der Waals surface area (Å²) in [5.74, 6) is 2.14. The molecule has 0 aliphatic carbocycles. The minimum atomic E-state index is 0.217. The summed E-state index contributed by atoms with van der Waals surface area (Å²) in [5, 5.41) is 3.54. The maximum atomic E-state index is 5.14. The van der Waals surface area contributed by atoms with E-state index in [0.29, 0.717) is 0 Å². The molecule has 3 heteroatoms. The van der Waals surface area contributed by atoms with Crippen LogP contribution in [0.1, 0.15) is 12.5 Å². The number of methoxy groups -OCH3 is 1. The van der Waals surface area contributed by atoms with Gasteiger partial charge in [-0.15, -0.1) is 11.8 Å². The third kappa shape index (κ3) is 2.67. The fourth-order valence-corrected chi connectivity index (χ4v) is 3.02. The van der Waals surface area contributed by atoms with Crippen molar-refractivity contribution in [1.29, 1.82) is 0 Å². The number of hydrogen-bond donors (Lipinski definition) is 1. The largest absolute Gasteiger partial charge is 0.497 e. The Kier molecular flexibility index (Phi) is 3.22. The molecule has 82 valence electrons. The quantitative estimate of drug-likeness (QED) is 0.849. The van der Waals surface area contributed by atoms with E-state index in [1.807, 2.05) is 23.9 Å². The predicted molar refractivity (Wildman–Crippen MR) is 65.6 cm³/mol. The van der Waals surface area contributed by atoms with E-state index in [-0.39, 0.29) is 4.87 Å². The van der Waals surface area contributed by atoms with Gasteiger partial charge in [-0.1, -0.05) is 12.1 Å². The Balaban J connectivity index is 2.04. The van der Waals surface area contributed by atoms with Gasteiger partial charge in [0.2, 0.25) is 0 Å². The van der Waals surface area contributed by atoms with Crippen molar-refractivity contribution in [3.63, 3.8) is 0 Å². The minimum absolute atomic E-state index is 0.217. The molecule has 15 heavy (non-hydrogen) atoms. The molecule has 1 unspecified atom stereocenters. The molecule has 0 amide bonds. The summed E-state index contributed by atoms with van der Waals surface area (Å²) in [6.45, 7) is 3.40. The molecule has 0 spiro atoms. The van der Waals surface area contributed by atoms with Crippen molar-refractivity contribution in [3.05, 3.63) is 29.8 Å². The zero-order chi connectivity index (χ0) is 10.7. The second-order valence-electron chi connectivity index (χ2n) is 4.03. The van der Waals surface area contributed by atoms with Crippen LogP contribution in [0.5, 0.6) is 5.75 Å². The van der Waals surface area contributed by atoms with E-state index in [9.17, 15) is 0 Å². The molecule has 1 heterocycles. The van der Waals surface area contributed by atoms with Crippen molar-refractivity contribution in [3.8, 4) is 5.75 Å². The first-order chi connectivity index (χ1) is 7.22. The van der Waals surface area contributed by atoms with Crippen molar-refractivity contribution in [2.75, 3.05) is 19.4 Å². The molecule has 0 aromatic heterocycles. The zero-order valence-corrected chi connectivity index (χ0v) is 10.1. The van der Waals surface area contributed by atoms with Gasteiger partial charge in [-0.3, -0.25) is 0 Å². The highest BCUT2D eigenvalue weighted by Gasteiger charge is 2.28. The first kappa shape index (κ1) is 10.8. The Morgan fingerprint density at radius 3 is 2.67 bits per heavy atom. The molecule has 1 N–H and O–H groups in total. The molecule has 0 bridgehead atoms. The van der Waals surface area contributed by atoms with Crippen molar-refractivity contribution < 1.29 is 4.74 Å². The van der Waals surface area contributed by atoms with Crippen LogP contribution in [0.2, 0.25) is 0 Å². The highest BCUT2D eigenvalue weighted by Crippen LogP contribution is 2.30. The molecule has 1 aliphatic heterocycles. The van der Waals surface area contributed by atoms with E-state index in [0.717, 1.165) is 18.7 Å². The fourth-order valence-electron chi connectivity index (χ4n) is 1.89. The molecule has 2 nitrogen and oxygen atoms in total. The Morgan fingerprint density at radius 2 is 2.13 bits per heavy atom. The Morgan fingerprint density at radius 1 is 1.40 bits per heavy atom. The van der Waals surface area contributed by atoms with Gasteiger partial charge in [0.25, 0.3) is 0 Å². The van der Waals surface area contributed by atoms with Crippen LogP contribution in [-0.2, 0) is 6.42 Å². The molecule has 0 radical (unpaired) electrons. The highest BCUT2D eigenvalue weighted by molar-refractivity contribution is 8.00. The SMILES string of the molecule is COc1ccc(CC2(C)NCCS2)cc1. The van der Waals surface area contributed by atoms with Gasteiger partial charge in [-0.2, -0.15) is 0 Å². The molecule has 1 aromatic rings. The molecular formula is C12H17NOS. The first-order valence-electron chi connectivity index (χ1n) is 5.24. The highest BCUT2D eigenvalue weighted by atomic mass is 32.2. The van der Waals surface area contributed by atoms with Gasteiger partial charge in [-0.25, -0.2) is 0 Å². The van der Waals surface area contributed by atoms with Crippen LogP contribution in [0, 0.1) is 0 Å². The summed E-state index contributed by atoms with van der Waals surface area (Å²) < 4.78 is 5.14. The topological polar surface area (TPSA) is 21.3 Å². The van der Waals surface area contributed by atoms with Gasteiger partial charge in [0, 0.05) is 12.3 Å². The molecular weight excluding hydrogens is 206 g/mol. The smallest absolute Gasteiger partial charge is 0.118 e. The monoisotopic (exact) mass is 223 g/mol. The molecule has 1 atom stereocenters. The van der Waals surface area contributed by atoms with Crippen LogP contribution in [0.15, 0.2) is 24.3 Å². The van der Waals surface area contributed by atoms with Crippen molar-refractivity contribution >= 4 is 11.8 Å². The van der Waals surface area contributed by atoms with E-state index in [1.165, 1.54) is 11.3 Å². The lowest BCUT2D eigenvalue weighted by molar-refractivity contribution is 0.414. The van der Waals surface area contributed by atoms with Gasteiger partial charge >= 0.3 is 0 Å². The summed E-state index contributed by atoms with van der Waals surface area (Å²) in [7, 11) is 1.70. The predicted octanol–water partition coefficient (Wildman–Crippen LogP) is 2.29. The summed E-state index contributed by atoms with van der Waals surface area (Å²) in [6.07, 6.45) is 1.07. The van der Waals surface area contributed by atoms with Crippen molar-refractivity contribution in [2.24, 2.45) is 0 Å². The van der Waals surface area contributed by atoms with E-state index >= 15 is 0 Å². The lowest BCUT2D eigenvalue weighted by atomic mass is 10.1. The van der Waals surface area contributed by atoms with E-state index in [1.54, 1.807) is 7.11 Å². The van der Waals surface area contributed by atoms with Crippen LogP contribution >= 0.6 is 11.8 Å². The normalized spacial score (nSPS) is 25.5. The average Bonchev–Trinajstić information content (AvgIpc) is 2.66. The number of hydrogen-bond acceptors (Lipinski definition) is 3. The van der Waals surface area contributed by atoms with Gasteiger partial charge < -0.3 is 10.1 Å². The third-order valence-electron chi connectivity index (χ3n) is 2.72. The maximum absolute atomic E-state index is 5.14. The summed E-state index contributed by atoms with van der Waals surface area (Å²) in [4.78, 5) is 0.217. The van der Waals surface area contributed by atoms with E-state index in [2.05, 4.69) is 24.4 Å². The summed E-state index contributed by atoms with van der Waals surface area (Å²) >= 11 is 2.01. The molecule has 0 saturated carbocycles. The van der Waals surface area contributed by atoms with Gasteiger partial charge in [0.1, 0.15) is 5.75 Å². The van der Waals surface area contributed by atoms with E-state index < -0.39 is 0 Å². The van der Waals surface area contributed by atoms with Crippen LogP contribution in [0.3, 0.4) is 0 Å². The van der Waals surface area contributed by atoms with Gasteiger partial charge in [-0.05, 0) is 31.0 Å². The van der Waals surface area contributed by atoms with Crippen LogP contribution in [0.4, 0.5) is 0 Å². The molecule has 1 saturated heterocycles. The molecule has 2 rings (SSSR count). The van der Waals surface area contributed by atoms with Gasteiger partial charge in [0.05, 0.1) is 12.0 Å². The Hall–Kier alpha value is -0.670. The first-order valence-corrected chi connectivity index (χ1v) is 6.22. The molecule has 1 aromatic carbocycles. The lowest BCUT2D eigenvalue weighted by Gasteiger charge is -2.23. The van der Waals surface area contributed by atoms with Crippen molar-refractivity contribution in [1.82, 2.24) is 5.32 Å². The van der Waals surface area contributed by atoms with Crippen molar-refractivity contribution in [2.45, 2.75) is 18.2 Å². The second-order valence-corrected chi connectivity index (χ2v) is 5.63. The number of nitrogens with one attached hydrogen (secondary N) is 1. The Bertz CT molecular complexity index is 317. The van der Waals surface area contributed by atoms with Crippen LogP contribution in [0.25, 0.3) is 0 Å². The van der Waals surface area contributed by atoms with Crippen LogP contribution in [-0.4, -0.2) is 24.3 Å². The summed E-state index contributed by atoms with van der Waals surface area (Å²) in [5.41, 5.74) is 1.36. The minimum Gasteiger partial charge on any atom is -0.497 e. The molecule has 1 aliphatic rings. The second kappa shape index (κ2) is 4.45. The zero-order valence-electron chi connectivity index (χ0n) is 9.25. The number of rotatable bonds is 3. The third-order valence-corrected chi connectivity index (χ3v) is 4.06. The van der Waals surface area contributed by atoms with Crippen LogP contribution < -0.4 is 10.1 Å². The molecule has 1 fully saturated rings. The maximum Gasteiger partial charge on any atom is 0.118 e. The number of ether oxygens (including phenoxy) is 1. The Labute approximate surface area is 95.4 Å². The van der Waals surface area contributed by atoms with E-state index in [4.69, 9.17) is 4.74 Å². The van der Waals surface area contributed by atoms with Gasteiger partial charge in [0.15, 0.2) is 0 Å². The average molecular weight is 223 g/mol. The number of thioether (sulfide) groups is 1. The fraction of sp³-hybridized carbons (Fsp3) is 0.500. The number of benzene rings is 1. The standard InChI is InChI=1S/C12H17NOS/c1-12(13-7-8-15-12)9-10-3-5-11(14-2)6-4-10/h3-6,13H,7-9H2,1-2H3. The lowest BCUT2D eigenvalue weighted by Crippen LogP contribution is -2.35.